The number of hydrogen-bond acceptors (Lipinski definition) is 3. The molecule has 0 aliphatic rings. The summed E-state index contributed by atoms with van der Waals surface area (Å²) in [6, 6.07) is 7.21. The van der Waals surface area contributed by atoms with Crippen molar-refractivity contribution in [2.45, 2.75) is 0 Å². The Kier molecular flexibility index (Phi) is 3.38. The largest absolute Gasteiger partial charge is 0.389 e. The Morgan fingerprint density at radius 1 is 1.44 bits per heavy atom. The molecule has 6 heteroatoms. The Bertz CT molecular complexity index is 580. The summed E-state index contributed by atoms with van der Waals surface area (Å²) in [5.74, 6) is -0.149. The zero-order valence-corrected chi connectivity index (χ0v) is 10.6. The standard InChI is InChI=1S/C12H12N4OS/c1-16(12(17)9-6-14-15-7-9)10-4-2-3-8(5-10)11(13)18/h2-7H,1H3,(H2,13,18)(H,14,15). The highest BCUT2D eigenvalue weighted by atomic mass is 32.1. The molecule has 1 aromatic heterocycles. The van der Waals surface area contributed by atoms with Gasteiger partial charge in [0.25, 0.3) is 5.91 Å². The smallest absolute Gasteiger partial charge is 0.261 e. The second-order valence-electron chi connectivity index (χ2n) is 3.77. The molecule has 92 valence electrons. The molecule has 18 heavy (non-hydrogen) atoms. The van der Waals surface area contributed by atoms with Crippen LogP contribution in [0.2, 0.25) is 0 Å². The number of anilines is 1. The fourth-order valence-corrected chi connectivity index (χ4v) is 1.67. The van der Waals surface area contributed by atoms with Crippen LogP contribution in [0.25, 0.3) is 0 Å². The molecule has 0 atom stereocenters. The van der Waals surface area contributed by atoms with E-state index in [9.17, 15) is 4.79 Å². The molecule has 1 aromatic carbocycles. The topological polar surface area (TPSA) is 75.0 Å². The van der Waals surface area contributed by atoms with E-state index in [-0.39, 0.29) is 5.91 Å². The number of rotatable bonds is 3. The molecule has 0 unspecified atom stereocenters. The van der Waals surface area contributed by atoms with Gasteiger partial charge in [0, 0.05) is 24.5 Å². The first-order chi connectivity index (χ1) is 8.59. The third-order valence-electron chi connectivity index (χ3n) is 2.57. The third-order valence-corrected chi connectivity index (χ3v) is 2.80. The molecule has 0 aliphatic carbocycles. The van der Waals surface area contributed by atoms with Crippen molar-refractivity contribution in [2.24, 2.45) is 5.73 Å². The predicted molar refractivity (Wildman–Crippen MR) is 73.7 cm³/mol. The fraction of sp³-hybridized carbons (Fsp3) is 0.0833. The summed E-state index contributed by atoms with van der Waals surface area (Å²) in [7, 11) is 1.69. The quantitative estimate of drug-likeness (QED) is 0.816. The number of benzene rings is 1. The summed E-state index contributed by atoms with van der Waals surface area (Å²) in [6.45, 7) is 0. The zero-order valence-electron chi connectivity index (χ0n) is 9.75. The maximum Gasteiger partial charge on any atom is 0.261 e. The summed E-state index contributed by atoms with van der Waals surface area (Å²) in [5.41, 5.74) is 7.52. The van der Waals surface area contributed by atoms with E-state index in [1.165, 1.54) is 11.1 Å². The van der Waals surface area contributed by atoms with Crippen LogP contribution < -0.4 is 10.6 Å². The van der Waals surface area contributed by atoms with Crippen molar-refractivity contribution in [3.05, 3.63) is 47.8 Å². The van der Waals surface area contributed by atoms with Gasteiger partial charge in [0.1, 0.15) is 4.99 Å². The number of thiocarbonyl (C=S) groups is 1. The summed E-state index contributed by atoms with van der Waals surface area (Å²) in [4.78, 5) is 13.9. The molecule has 5 nitrogen and oxygen atoms in total. The van der Waals surface area contributed by atoms with Crippen molar-refractivity contribution < 1.29 is 4.79 Å². The van der Waals surface area contributed by atoms with E-state index in [1.807, 2.05) is 18.2 Å². The van der Waals surface area contributed by atoms with Crippen molar-refractivity contribution >= 4 is 28.8 Å². The van der Waals surface area contributed by atoms with Crippen molar-refractivity contribution in [3.63, 3.8) is 0 Å². The van der Waals surface area contributed by atoms with Gasteiger partial charge in [-0.05, 0) is 12.1 Å². The van der Waals surface area contributed by atoms with Gasteiger partial charge in [-0.3, -0.25) is 9.89 Å². The summed E-state index contributed by atoms with van der Waals surface area (Å²) < 4.78 is 0. The van der Waals surface area contributed by atoms with E-state index in [2.05, 4.69) is 10.2 Å². The number of nitrogens with one attached hydrogen (secondary N) is 1. The third kappa shape index (κ3) is 2.38. The minimum Gasteiger partial charge on any atom is -0.389 e. The molecule has 0 aliphatic heterocycles. The molecule has 0 radical (unpaired) electrons. The van der Waals surface area contributed by atoms with Crippen LogP contribution in [0, 0.1) is 0 Å². The van der Waals surface area contributed by atoms with Crippen LogP contribution in [0.15, 0.2) is 36.7 Å². The van der Waals surface area contributed by atoms with Gasteiger partial charge in [0.2, 0.25) is 0 Å². The van der Waals surface area contributed by atoms with Gasteiger partial charge in [-0.25, -0.2) is 0 Å². The lowest BCUT2D eigenvalue weighted by Crippen LogP contribution is -2.26. The van der Waals surface area contributed by atoms with E-state index in [0.29, 0.717) is 10.6 Å². The Balaban J connectivity index is 2.29. The second kappa shape index (κ2) is 4.97. The van der Waals surface area contributed by atoms with E-state index in [4.69, 9.17) is 18.0 Å². The van der Waals surface area contributed by atoms with E-state index in [0.717, 1.165) is 11.3 Å². The van der Waals surface area contributed by atoms with Crippen LogP contribution in [0.4, 0.5) is 5.69 Å². The highest BCUT2D eigenvalue weighted by Gasteiger charge is 2.14. The van der Waals surface area contributed by atoms with Crippen molar-refractivity contribution in [1.82, 2.24) is 10.2 Å². The number of nitrogens with two attached hydrogens (primary N) is 1. The first kappa shape index (κ1) is 12.3. The van der Waals surface area contributed by atoms with Crippen molar-refractivity contribution in [3.8, 4) is 0 Å². The van der Waals surface area contributed by atoms with Gasteiger partial charge < -0.3 is 10.6 Å². The fourth-order valence-electron chi connectivity index (χ4n) is 1.55. The van der Waals surface area contributed by atoms with E-state index >= 15 is 0 Å². The van der Waals surface area contributed by atoms with Crippen LogP contribution in [-0.4, -0.2) is 28.1 Å². The van der Waals surface area contributed by atoms with Crippen LogP contribution in [0.5, 0.6) is 0 Å². The number of hydrogen-bond donors (Lipinski definition) is 2. The molecule has 0 bridgehead atoms. The highest BCUT2D eigenvalue weighted by Crippen LogP contribution is 2.17. The molecule has 2 rings (SSSR count). The molecule has 1 amide bonds. The van der Waals surface area contributed by atoms with Crippen LogP contribution in [-0.2, 0) is 0 Å². The minimum absolute atomic E-state index is 0.149. The molecule has 0 saturated carbocycles. The van der Waals surface area contributed by atoms with Gasteiger partial charge in [0.15, 0.2) is 0 Å². The Hall–Kier alpha value is -2.21. The molecular weight excluding hydrogens is 248 g/mol. The van der Waals surface area contributed by atoms with Crippen LogP contribution in [0.1, 0.15) is 15.9 Å². The SMILES string of the molecule is CN(C(=O)c1cn[nH]c1)c1cccc(C(N)=S)c1. The number of aromatic nitrogens is 2. The zero-order chi connectivity index (χ0) is 13.1. The normalized spacial score (nSPS) is 10.1. The number of H-pyrrole nitrogens is 1. The lowest BCUT2D eigenvalue weighted by Gasteiger charge is -2.17. The summed E-state index contributed by atoms with van der Waals surface area (Å²) >= 11 is 4.91. The van der Waals surface area contributed by atoms with E-state index < -0.39 is 0 Å². The summed E-state index contributed by atoms with van der Waals surface area (Å²) in [5, 5.41) is 6.36. The average Bonchev–Trinajstić information content (AvgIpc) is 2.91. The van der Waals surface area contributed by atoms with Crippen molar-refractivity contribution in [2.75, 3.05) is 11.9 Å². The average molecular weight is 260 g/mol. The van der Waals surface area contributed by atoms with Crippen molar-refractivity contribution in [1.29, 1.82) is 0 Å². The first-order valence-electron chi connectivity index (χ1n) is 5.26. The Morgan fingerprint density at radius 3 is 2.83 bits per heavy atom. The Labute approximate surface area is 110 Å². The van der Waals surface area contributed by atoms with Gasteiger partial charge >= 0.3 is 0 Å². The molecule has 3 N–H and O–H groups in total. The molecule has 0 saturated heterocycles. The first-order valence-corrected chi connectivity index (χ1v) is 5.67. The maximum atomic E-state index is 12.1. The molecule has 2 aromatic rings. The number of aromatic amines is 1. The number of amides is 1. The molecule has 1 heterocycles. The summed E-state index contributed by atoms with van der Waals surface area (Å²) in [6.07, 6.45) is 3.03. The van der Waals surface area contributed by atoms with Crippen LogP contribution >= 0.6 is 12.2 Å². The number of carbonyl (C=O) groups excluding carboxylic acids is 1. The number of carbonyl (C=O) groups is 1. The van der Waals surface area contributed by atoms with Crippen LogP contribution in [0.3, 0.4) is 0 Å². The second-order valence-corrected chi connectivity index (χ2v) is 4.21. The molecular formula is C12H12N4OS. The van der Waals surface area contributed by atoms with Gasteiger partial charge in [0.05, 0.1) is 11.8 Å². The predicted octanol–water partition coefficient (Wildman–Crippen LogP) is 1.32. The highest BCUT2D eigenvalue weighted by molar-refractivity contribution is 7.80. The van der Waals surface area contributed by atoms with Gasteiger partial charge in [-0.15, -0.1) is 0 Å². The maximum absolute atomic E-state index is 12.1. The van der Waals surface area contributed by atoms with E-state index in [1.54, 1.807) is 19.3 Å². The molecule has 0 spiro atoms. The molecule has 0 fully saturated rings. The van der Waals surface area contributed by atoms with Gasteiger partial charge in [-0.1, -0.05) is 24.4 Å². The Morgan fingerprint density at radius 2 is 2.22 bits per heavy atom. The number of nitrogens with zero attached hydrogens (tertiary/aromatic N) is 2. The minimum atomic E-state index is -0.149. The monoisotopic (exact) mass is 260 g/mol. The lowest BCUT2D eigenvalue weighted by molar-refractivity contribution is 0.0993. The lowest BCUT2D eigenvalue weighted by atomic mass is 10.2. The van der Waals surface area contributed by atoms with Gasteiger partial charge in [-0.2, -0.15) is 5.10 Å².